The number of anilines is 1. The minimum atomic E-state index is 0.178. The van der Waals surface area contributed by atoms with Gasteiger partial charge >= 0.3 is 0 Å². The quantitative estimate of drug-likeness (QED) is 0.898. The summed E-state index contributed by atoms with van der Waals surface area (Å²) in [5.74, 6) is 0.767. The van der Waals surface area contributed by atoms with Crippen LogP contribution >= 0.6 is 27.5 Å². The van der Waals surface area contributed by atoms with E-state index in [1.165, 1.54) is 0 Å². The second-order valence-corrected chi connectivity index (χ2v) is 5.48. The smallest absolute Gasteiger partial charge is 0.207 e. The molecule has 0 aliphatic rings. The third-order valence-corrected chi connectivity index (χ3v) is 3.85. The molecule has 19 heavy (non-hydrogen) atoms. The maximum Gasteiger partial charge on any atom is 0.207 e. The molecule has 1 heterocycles. The maximum atomic E-state index is 6.12. The fourth-order valence-corrected chi connectivity index (χ4v) is 2.19. The van der Waals surface area contributed by atoms with Crippen molar-refractivity contribution >= 4 is 33.5 Å². The van der Waals surface area contributed by atoms with Crippen molar-refractivity contribution in [1.29, 1.82) is 0 Å². The Morgan fingerprint density at radius 3 is 3.00 bits per heavy atom. The number of ether oxygens (including phenoxy) is 1. The van der Waals surface area contributed by atoms with Crippen LogP contribution in [0.4, 0.5) is 5.95 Å². The van der Waals surface area contributed by atoms with Crippen molar-refractivity contribution in [3.63, 3.8) is 0 Å². The summed E-state index contributed by atoms with van der Waals surface area (Å²) in [4.78, 5) is 4.31. The maximum absolute atomic E-state index is 6.12. The number of hydrogen-bond donors (Lipinski definition) is 1. The third-order valence-electron chi connectivity index (χ3n) is 2.61. The van der Waals surface area contributed by atoms with Crippen LogP contribution in [0.1, 0.15) is 6.92 Å². The molecule has 2 rings (SSSR count). The number of benzene rings is 1. The van der Waals surface area contributed by atoms with Gasteiger partial charge in [-0.3, -0.25) is 4.57 Å². The summed E-state index contributed by atoms with van der Waals surface area (Å²) in [5, 5.41) is 3.96. The summed E-state index contributed by atoms with van der Waals surface area (Å²) in [6, 6.07) is 5.96. The van der Waals surface area contributed by atoms with E-state index in [1.54, 1.807) is 13.3 Å². The predicted octanol–water partition coefficient (Wildman–Crippen LogP) is 3.74. The third kappa shape index (κ3) is 3.49. The molecule has 0 spiro atoms. The van der Waals surface area contributed by atoms with Gasteiger partial charge in [0.25, 0.3) is 0 Å². The summed E-state index contributed by atoms with van der Waals surface area (Å²) in [6.07, 6.45) is 3.64. The van der Waals surface area contributed by atoms with E-state index in [-0.39, 0.29) is 6.04 Å². The lowest BCUT2D eigenvalue weighted by atomic mass is 10.3. The van der Waals surface area contributed by atoms with Crippen LogP contribution in [-0.2, 0) is 4.74 Å². The number of imidazole rings is 1. The van der Waals surface area contributed by atoms with Crippen LogP contribution < -0.4 is 5.32 Å². The average Bonchev–Trinajstić information content (AvgIpc) is 2.81. The molecule has 102 valence electrons. The monoisotopic (exact) mass is 343 g/mol. The Balaban J connectivity index is 2.25. The van der Waals surface area contributed by atoms with Crippen molar-refractivity contribution in [2.45, 2.75) is 13.0 Å². The fourth-order valence-electron chi connectivity index (χ4n) is 1.77. The first kappa shape index (κ1) is 14.4. The molecule has 1 atom stereocenters. The number of nitrogens with zero attached hydrogens (tertiary/aromatic N) is 2. The minimum Gasteiger partial charge on any atom is -0.383 e. The normalized spacial score (nSPS) is 12.4. The predicted molar refractivity (Wildman–Crippen MR) is 81.2 cm³/mol. The lowest BCUT2D eigenvalue weighted by Crippen LogP contribution is -2.22. The van der Waals surface area contributed by atoms with Gasteiger partial charge < -0.3 is 10.1 Å². The van der Waals surface area contributed by atoms with Gasteiger partial charge in [0.2, 0.25) is 5.95 Å². The van der Waals surface area contributed by atoms with Gasteiger partial charge in [0.15, 0.2) is 0 Å². The second kappa shape index (κ2) is 6.41. The standard InChI is InChI=1S/C13H15BrClN3O/c1-9(8-19-2)17-13-16-5-6-18(13)10-3-4-11(14)12(15)7-10/h3-7,9H,8H2,1-2H3,(H,16,17). The Kier molecular flexibility index (Phi) is 4.85. The van der Waals surface area contributed by atoms with Gasteiger partial charge in [0, 0.05) is 30.0 Å². The van der Waals surface area contributed by atoms with Gasteiger partial charge in [-0.05, 0) is 41.1 Å². The molecule has 0 saturated carbocycles. The first-order valence-electron chi connectivity index (χ1n) is 5.86. The van der Waals surface area contributed by atoms with Crippen molar-refractivity contribution in [3.05, 3.63) is 40.1 Å². The van der Waals surface area contributed by atoms with Gasteiger partial charge in [-0.15, -0.1) is 0 Å². The summed E-state index contributed by atoms with van der Waals surface area (Å²) in [5.41, 5.74) is 0.956. The number of hydrogen-bond acceptors (Lipinski definition) is 3. The highest BCUT2D eigenvalue weighted by Gasteiger charge is 2.09. The van der Waals surface area contributed by atoms with Crippen LogP contribution in [0.5, 0.6) is 0 Å². The second-order valence-electron chi connectivity index (χ2n) is 4.22. The van der Waals surface area contributed by atoms with Crippen molar-refractivity contribution in [2.75, 3.05) is 19.0 Å². The SMILES string of the molecule is COCC(C)Nc1nccn1-c1ccc(Br)c(Cl)c1. The number of halogens is 2. The average molecular weight is 345 g/mol. The number of aromatic nitrogens is 2. The molecule has 0 fully saturated rings. The zero-order chi connectivity index (χ0) is 13.8. The number of nitrogens with one attached hydrogen (secondary N) is 1. The number of methoxy groups -OCH3 is 1. The first-order chi connectivity index (χ1) is 9.11. The van der Waals surface area contributed by atoms with E-state index < -0.39 is 0 Å². The van der Waals surface area contributed by atoms with E-state index in [2.05, 4.69) is 26.2 Å². The molecule has 0 saturated heterocycles. The van der Waals surface area contributed by atoms with Gasteiger partial charge in [0.05, 0.1) is 17.3 Å². The highest BCUT2D eigenvalue weighted by molar-refractivity contribution is 9.10. The largest absolute Gasteiger partial charge is 0.383 e. The summed E-state index contributed by atoms with van der Waals surface area (Å²) < 4.78 is 7.93. The molecule has 0 bridgehead atoms. The van der Waals surface area contributed by atoms with Crippen LogP contribution in [0.25, 0.3) is 5.69 Å². The molecule has 2 aromatic rings. The zero-order valence-electron chi connectivity index (χ0n) is 10.7. The molecule has 0 radical (unpaired) electrons. The van der Waals surface area contributed by atoms with Crippen molar-refractivity contribution in [1.82, 2.24) is 9.55 Å². The summed E-state index contributed by atoms with van der Waals surface area (Å²) in [7, 11) is 1.68. The zero-order valence-corrected chi connectivity index (χ0v) is 13.1. The Labute approximate surface area is 125 Å². The topological polar surface area (TPSA) is 39.1 Å². The van der Waals surface area contributed by atoms with E-state index in [0.717, 1.165) is 16.1 Å². The number of rotatable bonds is 5. The molecule has 1 aromatic heterocycles. The van der Waals surface area contributed by atoms with E-state index in [1.807, 2.05) is 35.9 Å². The molecule has 1 unspecified atom stereocenters. The summed E-state index contributed by atoms with van der Waals surface area (Å²) in [6.45, 7) is 2.66. The highest BCUT2D eigenvalue weighted by Crippen LogP contribution is 2.26. The van der Waals surface area contributed by atoms with Crippen LogP contribution in [-0.4, -0.2) is 29.3 Å². The molecule has 1 aromatic carbocycles. The Bertz CT molecular complexity index is 559. The van der Waals surface area contributed by atoms with Crippen LogP contribution in [0.15, 0.2) is 35.1 Å². The lowest BCUT2D eigenvalue weighted by molar-refractivity contribution is 0.190. The molecule has 6 heteroatoms. The van der Waals surface area contributed by atoms with E-state index >= 15 is 0 Å². The van der Waals surface area contributed by atoms with Gasteiger partial charge in [-0.25, -0.2) is 4.98 Å². The molecule has 0 aliphatic carbocycles. The lowest BCUT2D eigenvalue weighted by Gasteiger charge is -2.15. The molecule has 4 nitrogen and oxygen atoms in total. The van der Waals surface area contributed by atoms with Crippen LogP contribution in [0.3, 0.4) is 0 Å². The van der Waals surface area contributed by atoms with Crippen LogP contribution in [0.2, 0.25) is 5.02 Å². The highest BCUT2D eigenvalue weighted by atomic mass is 79.9. The van der Waals surface area contributed by atoms with E-state index in [9.17, 15) is 0 Å². The van der Waals surface area contributed by atoms with Gasteiger partial charge in [-0.1, -0.05) is 11.6 Å². The van der Waals surface area contributed by atoms with Gasteiger partial charge in [0.1, 0.15) is 0 Å². The Morgan fingerprint density at radius 1 is 1.53 bits per heavy atom. The van der Waals surface area contributed by atoms with Crippen molar-refractivity contribution in [2.24, 2.45) is 0 Å². The fraction of sp³-hybridized carbons (Fsp3) is 0.308. The molecule has 0 aliphatic heterocycles. The van der Waals surface area contributed by atoms with E-state index in [4.69, 9.17) is 16.3 Å². The summed E-state index contributed by atoms with van der Waals surface area (Å²) >= 11 is 9.50. The Hall–Kier alpha value is -1.04. The van der Waals surface area contributed by atoms with E-state index in [0.29, 0.717) is 11.6 Å². The molecule has 1 N–H and O–H groups in total. The molecular formula is C13H15BrClN3O. The Morgan fingerprint density at radius 2 is 2.32 bits per heavy atom. The molecule has 0 amide bonds. The first-order valence-corrected chi connectivity index (χ1v) is 7.03. The van der Waals surface area contributed by atoms with Crippen molar-refractivity contribution in [3.8, 4) is 5.69 Å². The van der Waals surface area contributed by atoms with Crippen LogP contribution in [0, 0.1) is 0 Å². The van der Waals surface area contributed by atoms with Gasteiger partial charge in [-0.2, -0.15) is 0 Å². The minimum absolute atomic E-state index is 0.178. The molecular weight excluding hydrogens is 330 g/mol. The van der Waals surface area contributed by atoms with Crippen molar-refractivity contribution < 1.29 is 4.74 Å².